The standard InChI is InChI=1S/C12H15N5O3S/c1-2-3-8-10(21-17-16-8)11(18)15-9(12(19)20)4-7-5-13-6-14-7/h5-6,9H,2-4H2,1H3,(H,13,14)(H,15,18)(H,19,20). The minimum atomic E-state index is -1.10. The first-order chi connectivity index (χ1) is 10.1. The molecule has 2 rings (SSSR count). The Labute approximate surface area is 124 Å². The van der Waals surface area contributed by atoms with Gasteiger partial charge in [0.05, 0.1) is 12.0 Å². The van der Waals surface area contributed by atoms with E-state index in [1.54, 1.807) is 0 Å². The molecule has 1 atom stereocenters. The first kappa shape index (κ1) is 15.1. The second-order valence-electron chi connectivity index (χ2n) is 4.44. The molecular weight excluding hydrogens is 294 g/mol. The number of aliphatic carboxylic acids is 1. The predicted octanol–water partition coefficient (Wildman–Crippen LogP) is 0.639. The van der Waals surface area contributed by atoms with E-state index in [1.165, 1.54) is 12.5 Å². The Morgan fingerprint density at radius 1 is 1.52 bits per heavy atom. The molecule has 0 radical (unpaired) electrons. The van der Waals surface area contributed by atoms with Gasteiger partial charge in [0.1, 0.15) is 10.9 Å². The highest BCUT2D eigenvalue weighted by atomic mass is 32.1. The highest BCUT2D eigenvalue weighted by Gasteiger charge is 2.24. The number of imidazole rings is 1. The zero-order chi connectivity index (χ0) is 15.2. The van der Waals surface area contributed by atoms with E-state index in [0.717, 1.165) is 18.0 Å². The summed E-state index contributed by atoms with van der Waals surface area (Å²) in [7, 11) is 0. The number of carbonyl (C=O) groups excluding carboxylic acids is 1. The molecule has 0 aliphatic heterocycles. The third kappa shape index (κ3) is 3.85. The van der Waals surface area contributed by atoms with Gasteiger partial charge in [-0.1, -0.05) is 17.8 Å². The van der Waals surface area contributed by atoms with E-state index in [4.69, 9.17) is 0 Å². The van der Waals surface area contributed by atoms with E-state index in [0.29, 0.717) is 22.7 Å². The lowest BCUT2D eigenvalue weighted by atomic mass is 10.1. The van der Waals surface area contributed by atoms with Crippen LogP contribution in [0.25, 0.3) is 0 Å². The number of aromatic nitrogens is 4. The zero-order valence-corrected chi connectivity index (χ0v) is 12.2. The average Bonchev–Trinajstić information content (AvgIpc) is 3.09. The van der Waals surface area contributed by atoms with Crippen LogP contribution in [-0.2, 0) is 17.6 Å². The quantitative estimate of drug-likeness (QED) is 0.690. The molecule has 1 unspecified atom stereocenters. The number of H-pyrrole nitrogens is 1. The van der Waals surface area contributed by atoms with Crippen LogP contribution >= 0.6 is 11.5 Å². The van der Waals surface area contributed by atoms with Crippen LogP contribution in [0.4, 0.5) is 0 Å². The van der Waals surface area contributed by atoms with Gasteiger partial charge in [-0.2, -0.15) is 0 Å². The van der Waals surface area contributed by atoms with Crippen LogP contribution in [0.15, 0.2) is 12.5 Å². The van der Waals surface area contributed by atoms with E-state index >= 15 is 0 Å². The maximum Gasteiger partial charge on any atom is 0.326 e. The monoisotopic (exact) mass is 309 g/mol. The second-order valence-corrected chi connectivity index (χ2v) is 5.20. The smallest absolute Gasteiger partial charge is 0.326 e. The van der Waals surface area contributed by atoms with E-state index in [1.807, 2.05) is 6.92 Å². The predicted molar refractivity (Wildman–Crippen MR) is 75.1 cm³/mol. The van der Waals surface area contributed by atoms with Crippen molar-refractivity contribution in [1.29, 1.82) is 0 Å². The summed E-state index contributed by atoms with van der Waals surface area (Å²) >= 11 is 0.973. The Morgan fingerprint density at radius 3 is 2.95 bits per heavy atom. The van der Waals surface area contributed by atoms with Crippen molar-refractivity contribution in [2.24, 2.45) is 0 Å². The van der Waals surface area contributed by atoms with Gasteiger partial charge in [-0.05, 0) is 18.0 Å². The van der Waals surface area contributed by atoms with Crippen molar-refractivity contribution in [3.8, 4) is 0 Å². The number of carboxylic acid groups (broad SMARTS) is 1. The fourth-order valence-corrected chi connectivity index (χ4v) is 2.43. The number of hydrogen-bond donors (Lipinski definition) is 3. The summed E-state index contributed by atoms with van der Waals surface area (Å²) in [5.74, 6) is -1.56. The van der Waals surface area contributed by atoms with Gasteiger partial charge >= 0.3 is 5.97 Å². The van der Waals surface area contributed by atoms with Crippen LogP contribution in [0.2, 0.25) is 0 Å². The first-order valence-corrected chi connectivity index (χ1v) is 7.21. The molecule has 0 aliphatic carbocycles. The maximum absolute atomic E-state index is 12.2. The molecule has 0 aromatic carbocycles. The molecule has 0 saturated carbocycles. The summed E-state index contributed by atoms with van der Waals surface area (Å²) in [5, 5.41) is 15.6. The Bertz CT molecular complexity index is 610. The second kappa shape index (κ2) is 6.93. The highest BCUT2D eigenvalue weighted by Crippen LogP contribution is 2.13. The van der Waals surface area contributed by atoms with Crippen molar-refractivity contribution in [3.63, 3.8) is 0 Å². The lowest BCUT2D eigenvalue weighted by Crippen LogP contribution is -2.42. The third-order valence-electron chi connectivity index (χ3n) is 2.83. The number of hydrogen-bond acceptors (Lipinski definition) is 6. The number of amides is 1. The van der Waals surface area contributed by atoms with Crippen molar-refractivity contribution < 1.29 is 14.7 Å². The number of aryl methyl sites for hydroxylation is 1. The van der Waals surface area contributed by atoms with Gasteiger partial charge in [-0.15, -0.1) is 5.10 Å². The normalized spacial score (nSPS) is 12.0. The number of nitrogens with one attached hydrogen (secondary N) is 2. The van der Waals surface area contributed by atoms with Crippen molar-refractivity contribution >= 4 is 23.4 Å². The number of nitrogens with zero attached hydrogens (tertiary/aromatic N) is 3. The van der Waals surface area contributed by atoms with Crippen molar-refractivity contribution in [3.05, 3.63) is 28.8 Å². The largest absolute Gasteiger partial charge is 0.480 e. The van der Waals surface area contributed by atoms with E-state index in [-0.39, 0.29) is 6.42 Å². The number of carboxylic acids is 1. The van der Waals surface area contributed by atoms with E-state index in [2.05, 4.69) is 24.9 Å². The summed E-state index contributed by atoms with van der Waals surface area (Å²) in [6.45, 7) is 1.97. The van der Waals surface area contributed by atoms with Crippen molar-refractivity contribution in [2.45, 2.75) is 32.2 Å². The fourth-order valence-electron chi connectivity index (χ4n) is 1.82. The van der Waals surface area contributed by atoms with E-state index in [9.17, 15) is 14.7 Å². The molecule has 8 nitrogen and oxygen atoms in total. The van der Waals surface area contributed by atoms with Gasteiger partial charge in [0.25, 0.3) is 5.91 Å². The minimum absolute atomic E-state index is 0.135. The van der Waals surface area contributed by atoms with Gasteiger partial charge in [0, 0.05) is 18.3 Å². The van der Waals surface area contributed by atoms with Crippen LogP contribution in [0.1, 0.15) is 34.4 Å². The van der Waals surface area contributed by atoms with Crippen LogP contribution in [0.3, 0.4) is 0 Å². The summed E-state index contributed by atoms with van der Waals surface area (Å²) in [6, 6.07) is -1.03. The fraction of sp³-hybridized carbons (Fsp3) is 0.417. The highest BCUT2D eigenvalue weighted by molar-refractivity contribution is 7.08. The molecule has 0 spiro atoms. The Balaban J connectivity index is 2.07. The Kier molecular flexibility index (Phi) is 4.99. The molecule has 0 bridgehead atoms. The molecule has 0 aliphatic rings. The average molecular weight is 309 g/mol. The molecule has 3 N–H and O–H groups in total. The SMILES string of the molecule is CCCc1nnsc1C(=O)NC(Cc1cnc[nH]1)C(=O)O. The summed E-state index contributed by atoms with van der Waals surface area (Å²) in [6.07, 6.45) is 4.59. The Hall–Kier alpha value is -2.29. The Morgan fingerprint density at radius 2 is 2.33 bits per heavy atom. The van der Waals surface area contributed by atoms with Crippen LogP contribution in [0, 0.1) is 0 Å². The van der Waals surface area contributed by atoms with Crippen LogP contribution < -0.4 is 5.32 Å². The molecule has 1 amide bonds. The van der Waals surface area contributed by atoms with Gasteiger partial charge in [0.2, 0.25) is 0 Å². The van der Waals surface area contributed by atoms with Gasteiger partial charge in [-0.3, -0.25) is 4.79 Å². The molecule has 21 heavy (non-hydrogen) atoms. The summed E-state index contributed by atoms with van der Waals surface area (Å²) in [4.78, 5) is 30.4. The van der Waals surface area contributed by atoms with Crippen molar-refractivity contribution in [1.82, 2.24) is 24.9 Å². The van der Waals surface area contributed by atoms with Crippen LogP contribution in [0.5, 0.6) is 0 Å². The molecule has 112 valence electrons. The molecule has 2 heterocycles. The van der Waals surface area contributed by atoms with Crippen LogP contribution in [-0.4, -0.2) is 42.6 Å². The van der Waals surface area contributed by atoms with Gasteiger partial charge < -0.3 is 15.4 Å². The minimum Gasteiger partial charge on any atom is -0.480 e. The molecule has 2 aromatic heterocycles. The van der Waals surface area contributed by atoms with E-state index < -0.39 is 17.9 Å². The van der Waals surface area contributed by atoms with Crippen molar-refractivity contribution in [2.75, 3.05) is 0 Å². The van der Waals surface area contributed by atoms with Gasteiger partial charge in [-0.25, -0.2) is 9.78 Å². The molecule has 0 fully saturated rings. The first-order valence-electron chi connectivity index (χ1n) is 6.44. The summed E-state index contributed by atoms with van der Waals surface area (Å²) < 4.78 is 3.76. The maximum atomic E-state index is 12.2. The number of rotatable bonds is 7. The number of aromatic amines is 1. The molecular formula is C12H15N5O3S. The zero-order valence-electron chi connectivity index (χ0n) is 11.4. The summed E-state index contributed by atoms with van der Waals surface area (Å²) in [5.41, 5.74) is 1.24. The molecule has 2 aromatic rings. The number of carbonyl (C=O) groups is 2. The third-order valence-corrected chi connectivity index (χ3v) is 3.60. The lowest BCUT2D eigenvalue weighted by Gasteiger charge is -2.13. The molecule has 0 saturated heterocycles. The lowest BCUT2D eigenvalue weighted by molar-refractivity contribution is -0.139. The molecule has 9 heteroatoms. The van der Waals surface area contributed by atoms with Gasteiger partial charge in [0.15, 0.2) is 0 Å². The topological polar surface area (TPSA) is 121 Å².